The van der Waals surface area contributed by atoms with Crippen LogP contribution in [0.1, 0.15) is 28.8 Å². The van der Waals surface area contributed by atoms with Crippen LogP contribution in [-0.2, 0) is 9.53 Å². The molecule has 0 amide bonds. The molecule has 0 fully saturated rings. The summed E-state index contributed by atoms with van der Waals surface area (Å²) in [6.07, 6.45) is 0.0604. The number of hydrogen-bond acceptors (Lipinski definition) is 4. The first-order valence-electron chi connectivity index (χ1n) is 6.70. The molecule has 0 saturated carbocycles. The van der Waals surface area contributed by atoms with E-state index in [-0.39, 0.29) is 24.4 Å². The Labute approximate surface area is 123 Å². The van der Waals surface area contributed by atoms with Crippen LogP contribution in [0, 0.1) is 12.7 Å². The smallest absolute Gasteiger partial charge is 0.303 e. The summed E-state index contributed by atoms with van der Waals surface area (Å²) in [5.74, 6) is -1.58. The maximum absolute atomic E-state index is 13.2. The quantitative estimate of drug-likeness (QED) is 0.537. The Kier molecular flexibility index (Phi) is 6.98. The van der Waals surface area contributed by atoms with Crippen molar-refractivity contribution in [3.8, 4) is 0 Å². The average Bonchev–Trinajstić information content (AvgIpc) is 2.44. The number of benzene rings is 1. The van der Waals surface area contributed by atoms with Gasteiger partial charge in [-0.15, -0.1) is 0 Å². The summed E-state index contributed by atoms with van der Waals surface area (Å²) >= 11 is 0. The minimum atomic E-state index is -0.961. The molecule has 0 radical (unpaired) electrons. The Hall–Kier alpha value is -1.79. The Balaban J connectivity index is 2.81. The molecule has 1 rings (SSSR count). The van der Waals surface area contributed by atoms with Crippen molar-refractivity contribution in [1.82, 2.24) is 5.32 Å². The molecule has 116 valence electrons. The number of ketones is 1. The van der Waals surface area contributed by atoms with Crippen molar-refractivity contribution in [2.45, 2.75) is 25.8 Å². The number of carboxylic acids is 1. The molecule has 0 aliphatic rings. The number of rotatable bonds is 9. The minimum absolute atomic E-state index is 0.115. The van der Waals surface area contributed by atoms with Crippen LogP contribution in [0.2, 0.25) is 0 Å². The van der Waals surface area contributed by atoms with Crippen LogP contribution in [0.5, 0.6) is 0 Å². The second-order valence-electron chi connectivity index (χ2n) is 4.76. The monoisotopic (exact) mass is 297 g/mol. The van der Waals surface area contributed by atoms with Crippen LogP contribution in [-0.4, -0.2) is 43.2 Å². The summed E-state index contributed by atoms with van der Waals surface area (Å²) < 4.78 is 18.1. The molecule has 0 aromatic heterocycles. The first kappa shape index (κ1) is 17.3. The normalized spacial score (nSPS) is 12.1. The second-order valence-corrected chi connectivity index (χ2v) is 4.76. The van der Waals surface area contributed by atoms with Crippen LogP contribution in [0.4, 0.5) is 4.39 Å². The van der Waals surface area contributed by atoms with Gasteiger partial charge >= 0.3 is 5.97 Å². The molecule has 0 heterocycles. The van der Waals surface area contributed by atoms with E-state index in [0.717, 1.165) is 0 Å². The van der Waals surface area contributed by atoms with Crippen molar-refractivity contribution < 1.29 is 23.8 Å². The number of ether oxygens (including phenoxy) is 1. The number of hydrogen-bond donors (Lipinski definition) is 2. The Bertz CT molecular complexity index is 504. The number of carbonyl (C=O) groups excluding carboxylic acids is 1. The van der Waals surface area contributed by atoms with Gasteiger partial charge in [0.25, 0.3) is 0 Å². The van der Waals surface area contributed by atoms with E-state index < -0.39 is 12.0 Å². The molecule has 1 aromatic carbocycles. The van der Waals surface area contributed by atoms with Crippen molar-refractivity contribution in [2.24, 2.45) is 0 Å². The Morgan fingerprint density at radius 3 is 2.71 bits per heavy atom. The molecule has 0 spiro atoms. The average molecular weight is 297 g/mol. The SMILES string of the molecule is COCCNC(CCC(=O)O)C(=O)c1ccc(F)c(C)c1. The third-order valence-electron chi connectivity index (χ3n) is 3.10. The predicted molar refractivity (Wildman–Crippen MR) is 76.0 cm³/mol. The van der Waals surface area contributed by atoms with E-state index >= 15 is 0 Å². The second kappa shape index (κ2) is 8.49. The summed E-state index contributed by atoms with van der Waals surface area (Å²) in [4.78, 5) is 23.1. The number of carbonyl (C=O) groups is 2. The molecule has 0 aliphatic carbocycles. The molecule has 2 N–H and O–H groups in total. The summed E-state index contributed by atoms with van der Waals surface area (Å²) in [7, 11) is 1.54. The van der Waals surface area contributed by atoms with E-state index in [0.29, 0.717) is 24.3 Å². The lowest BCUT2D eigenvalue weighted by atomic mass is 9.98. The van der Waals surface area contributed by atoms with Gasteiger partial charge in [0.1, 0.15) is 5.82 Å². The molecular weight excluding hydrogens is 277 g/mol. The first-order valence-corrected chi connectivity index (χ1v) is 6.70. The van der Waals surface area contributed by atoms with Crippen LogP contribution in [0.25, 0.3) is 0 Å². The predicted octanol–water partition coefficient (Wildman–Crippen LogP) is 1.79. The summed E-state index contributed by atoms with van der Waals surface area (Å²) in [6.45, 7) is 2.43. The van der Waals surface area contributed by atoms with E-state index in [9.17, 15) is 14.0 Å². The number of nitrogens with one attached hydrogen (secondary N) is 1. The largest absolute Gasteiger partial charge is 0.481 e. The maximum Gasteiger partial charge on any atom is 0.303 e. The summed E-state index contributed by atoms with van der Waals surface area (Å²) in [5, 5.41) is 11.7. The standard InChI is InChI=1S/C15H20FNO4/c1-10-9-11(3-4-12(10)16)15(20)13(5-6-14(18)19)17-7-8-21-2/h3-4,9,13,17H,5-8H2,1-2H3,(H,18,19). The molecule has 21 heavy (non-hydrogen) atoms. The Morgan fingerprint density at radius 1 is 1.43 bits per heavy atom. The highest BCUT2D eigenvalue weighted by Gasteiger charge is 2.21. The van der Waals surface area contributed by atoms with Crippen LogP contribution in [0.15, 0.2) is 18.2 Å². The lowest BCUT2D eigenvalue weighted by Crippen LogP contribution is -2.39. The van der Waals surface area contributed by atoms with Gasteiger partial charge in [0, 0.05) is 25.6 Å². The number of carboxylic acid groups (broad SMARTS) is 1. The lowest BCUT2D eigenvalue weighted by Gasteiger charge is -2.17. The molecule has 0 aliphatic heterocycles. The van der Waals surface area contributed by atoms with E-state index in [4.69, 9.17) is 9.84 Å². The zero-order valence-electron chi connectivity index (χ0n) is 12.2. The topological polar surface area (TPSA) is 75.6 Å². The van der Waals surface area contributed by atoms with Crippen LogP contribution >= 0.6 is 0 Å². The molecule has 1 aromatic rings. The molecule has 6 heteroatoms. The van der Waals surface area contributed by atoms with Gasteiger partial charge in [-0.1, -0.05) is 0 Å². The van der Waals surface area contributed by atoms with Gasteiger partial charge in [0.2, 0.25) is 0 Å². The Morgan fingerprint density at radius 2 is 2.14 bits per heavy atom. The van der Waals surface area contributed by atoms with Gasteiger partial charge in [-0.25, -0.2) is 4.39 Å². The fourth-order valence-corrected chi connectivity index (χ4v) is 1.93. The van der Waals surface area contributed by atoms with Crippen molar-refractivity contribution in [1.29, 1.82) is 0 Å². The highest BCUT2D eigenvalue weighted by molar-refractivity contribution is 6.00. The van der Waals surface area contributed by atoms with E-state index in [1.165, 1.54) is 18.2 Å². The van der Waals surface area contributed by atoms with Gasteiger partial charge in [-0.05, 0) is 37.1 Å². The fourth-order valence-electron chi connectivity index (χ4n) is 1.93. The van der Waals surface area contributed by atoms with Gasteiger partial charge in [-0.2, -0.15) is 0 Å². The van der Waals surface area contributed by atoms with Gasteiger partial charge < -0.3 is 15.2 Å². The molecule has 1 atom stereocenters. The molecular formula is C15H20FNO4. The number of Topliss-reactive ketones (excluding diaryl/α,β-unsaturated/α-hetero) is 1. The zero-order valence-corrected chi connectivity index (χ0v) is 12.2. The van der Waals surface area contributed by atoms with Gasteiger partial charge in [0.05, 0.1) is 12.6 Å². The molecule has 1 unspecified atom stereocenters. The number of aliphatic carboxylic acids is 1. The van der Waals surface area contributed by atoms with Crippen LogP contribution in [0.3, 0.4) is 0 Å². The molecule has 0 bridgehead atoms. The zero-order chi connectivity index (χ0) is 15.8. The summed E-state index contributed by atoms with van der Waals surface area (Å²) in [6, 6.07) is 3.51. The van der Waals surface area contributed by atoms with Gasteiger partial charge in [0.15, 0.2) is 5.78 Å². The third-order valence-corrected chi connectivity index (χ3v) is 3.10. The van der Waals surface area contributed by atoms with Crippen LogP contribution < -0.4 is 5.32 Å². The van der Waals surface area contributed by atoms with Crippen molar-refractivity contribution in [2.75, 3.05) is 20.3 Å². The lowest BCUT2D eigenvalue weighted by molar-refractivity contribution is -0.137. The fraction of sp³-hybridized carbons (Fsp3) is 0.467. The molecule has 0 saturated heterocycles. The van der Waals surface area contributed by atoms with Crippen molar-refractivity contribution in [3.63, 3.8) is 0 Å². The van der Waals surface area contributed by atoms with Gasteiger partial charge in [-0.3, -0.25) is 9.59 Å². The van der Waals surface area contributed by atoms with Crippen molar-refractivity contribution >= 4 is 11.8 Å². The highest BCUT2D eigenvalue weighted by atomic mass is 19.1. The highest BCUT2D eigenvalue weighted by Crippen LogP contribution is 2.13. The third kappa shape index (κ3) is 5.61. The number of methoxy groups -OCH3 is 1. The van der Waals surface area contributed by atoms with E-state index in [1.807, 2.05) is 0 Å². The summed E-state index contributed by atoms with van der Waals surface area (Å²) in [5.41, 5.74) is 0.754. The number of halogens is 1. The number of aryl methyl sites for hydroxylation is 1. The first-order chi connectivity index (χ1) is 9.95. The van der Waals surface area contributed by atoms with E-state index in [1.54, 1.807) is 14.0 Å². The maximum atomic E-state index is 13.2. The minimum Gasteiger partial charge on any atom is -0.481 e. The van der Waals surface area contributed by atoms with Crippen molar-refractivity contribution in [3.05, 3.63) is 35.1 Å². The molecule has 5 nitrogen and oxygen atoms in total. The van der Waals surface area contributed by atoms with E-state index in [2.05, 4.69) is 5.32 Å².